The molecular formula is C13H22O2Zr. The van der Waals surface area contributed by atoms with E-state index in [1.807, 2.05) is 0 Å². The van der Waals surface area contributed by atoms with E-state index in [9.17, 15) is 0 Å². The predicted molar refractivity (Wildman–Crippen MR) is 60.2 cm³/mol. The number of methoxy groups -OCH3 is 2. The minimum atomic E-state index is 0. The first kappa shape index (κ1) is 14.9. The second kappa shape index (κ2) is 6.11. The first-order chi connectivity index (χ1) is 7.23. The molecule has 0 unspecified atom stereocenters. The van der Waals surface area contributed by atoms with Crippen LogP contribution in [-0.4, -0.2) is 27.4 Å². The van der Waals surface area contributed by atoms with Gasteiger partial charge in [-0.05, 0) is 0 Å². The SMILES string of the molecule is [CH2-][C@@H]1CC(COC)(COC)[C@H]2CC[CH-][C@@H]12.[Zr+2]. The zero-order chi connectivity index (χ0) is 10.9. The summed E-state index contributed by atoms with van der Waals surface area (Å²) in [4.78, 5) is 0. The van der Waals surface area contributed by atoms with Crippen LogP contribution in [-0.2, 0) is 35.7 Å². The van der Waals surface area contributed by atoms with Crippen molar-refractivity contribution in [1.29, 1.82) is 0 Å². The average Bonchev–Trinajstić information content (AvgIpc) is 2.73. The van der Waals surface area contributed by atoms with Crippen LogP contribution in [0.1, 0.15) is 19.3 Å². The molecule has 90 valence electrons. The normalized spacial score (nSPS) is 35.8. The molecule has 0 heterocycles. The van der Waals surface area contributed by atoms with E-state index >= 15 is 0 Å². The summed E-state index contributed by atoms with van der Waals surface area (Å²) in [5, 5.41) is 0. The van der Waals surface area contributed by atoms with Gasteiger partial charge in [0.05, 0.1) is 13.2 Å². The van der Waals surface area contributed by atoms with E-state index in [0.29, 0.717) is 11.8 Å². The molecule has 2 rings (SSSR count). The van der Waals surface area contributed by atoms with Crippen molar-refractivity contribution in [3.05, 3.63) is 13.3 Å². The quantitative estimate of drug-likeness (QED) is 0.742. The van der Waals surface area contributed by atoms with Gasteiger partial charge in [-0.1, -0.05) is 18.8 Å². The molecule has 0 bridgehead atoms. The van der Waals surface area contributed by atoms with Gasteiger partial charge >= 0.3 is 26.2 Å². The maximum atomic E-state index is 5.42. The Kier molecular flexibility index (Phi) is 5.68. The third kappa shape index (κ3) is 2.47. The molecule has 0 N–H and O–H groups in total. The summed E-state index contributed by atoms with van der Waals surface area (Å²) in [5.74, 6) is 2.00. The summed E-state index contributed by atoms with van der Waals surface area (Å²) in [7, 11) is 3.59. The fourth-order valence-corrected chi connectivity index (χ4v) is 3.82. The summed E-state index contributed by atoms with van der Waals surface area (Å²) in [6, 6.07) is 0. The number of ether oxygens (including phenoxy) is 2. The molecule has 2 fully saturated rings. The van der Waals surface area contributed by atoms with E-state index < -0.39 is 0 Å². The molecule has 0 aromatic rings. The van der Waals surface area contributed by atoms with Crippen LogP contribution in [0.2, 0.25) is 0 Å². The fourth-order valence-electron chi connectivity index (χ4n) is 3.82. The van der Waals surface area contributed by atoms with Gasteiger partial charge in [0.1, 0.15) is 0 Å². The van der Waals surface area contributed by atoms with Crippen LogP contribution in [0.15, 0.2) is 0 Å². The average molecular weight is 302 g/mol. The Balaban J connectivity index is 0.00000128. The molecule has 0 aromatic carbocycles. The second-order valence-electron chi connectivity index (χ2n) is 5.19. The summed E-state index contributed by atoms with van der Waals surface area (Å²) in [6.07, 6.45) is 6.16. The maximum absolute atomic E-state index is 5.42. The first-order valence-electron chi connectivity index (χ1n) is 5.88. The zero-order valence-electron chi connectivity index (χ0n) is 10.4. The Morgan fingerprint density at radius 2 is 1.94 bits per heavy atom. The number of fused-ring (bicyclic) bond motifs is 1. The van der Waals surface area contributed by atoms with E-state index in [-0.39, 0.29) is 31.6 Å². The van der Waals surface area contributed by atoms with Gasteiger partial charge in [-0.3, -0.25) is 0 Å². The van der Waals surface area contributed by atoms with Gasteiger partial charge in [0, 0.05) is 19.6 Å². The topological polar surface area (TPSA) is 18.5 Å². The summed E-state index contributed by atoms with van der Waals surface area (Å²) >= 11 is 0. The molecule has 3 heteroatoms. The molecule has 0 aromatic heterocycles. The molecule has 2 aliphatic rings. The molecule has 0 saturated heterocycles. The van der Waals surface area contributed by atoms with Gasteiger partial charge in [0.15, 0.2) is 0 Å². The molecule has 2 saturated carbocycles. The zero-order valence-corrected chi connectivity index (χ0v) is 12.8. The van der Waals surface area contributed by atoms with Crippen LogP contribution in [0.5, 0.6) is 0 Å². The van der Waals surface area contributed by atoms with E-state index in [4.69, 9.17) is 9.47 Å². The van der Waals surface area contributed by atoms with E-state index in [1.165, 1.54) is 12.8 Å². The minimum Gasteiger partial charge on any atom is -0.384 e. The number of rotatable bonds is 4. The van der Waals surface area contributed by atoms with Crippen molar-refractivity contribution in [2.24, 2.45) is 23.2 Å². The van der Waals surface area contributed by atoms with Gasteiger partial charge < -0.3 is 22.8 Å². The number of hydrogen-bond acceptors (Lipinski definition) is 2. The third-order valence-corrected chi connectivity index (χ3v) is 4.24. The van der Waals surface area contributed by atoms with Crippen LogP contribution in [0.4, 0.5) is 0 Å². The van der Waals surface area contributed by atoms with Gasteiger partial charge in [-0.2, -0.15) is 18.3 Å². The summed E-state index contributed by atoms with van der Waals surface area (Å²) in [5.41, 5.74) is 0.230. The molecular weight excluding hydrogens is 279 g/mol. The Morgan fingerprint density at radius 3 is 2.50 bits per heavy atom. The van der Waals surface area contributed by atoms with Crippen LogP contribution >= 0.6 is 0 Å². The van der Waals surface area contributed by atoms with Gasteiger partial charge in [0.25, 0.3) is 0 Å². The summed E-state index contributed by atoms with van der Waals surface area (Å²) < 4.78 is 10.8. The van der Waals surface area contributed by atoms with Crippen molar-refractivity contribution in [3.8, 4) is 0 Å². The van der Waals surface area contributed by atoms with Crippen LogP contribution in [0.25, 0.3) is 0 Å². The molecule has 2 nitrogen and oxygen atoms in total. The van der Waals surface area contributed by atoms with Crippen molar-refractivity contribution in [1.82, 2.24) is 0 Å². The van der Waals surface area contributed by atoms with E-state index in [1.54, 1.807) is 14.2 Å². The minimum absolute atomic E-state index is 0. The fraction of sp³-hybridized carbons (Fsp3) is 0.846. The summed E-state index contributed by atoms with van der Waals surface area (Å²) in [6.45, 7) is 5.94. The Morgan fingerprint density at radius 1 is 1.31 bits per heavy atom. The molecule has 0 spiro atoms. The van der Waals surface area contributed by atoms with Crippen molar-refractivity contribution in [2.75, 3.05) is 27.4 Å². The van der Waals surface area contributed by atoms with Crippen LogP contribution in [0, 0.1) is 36.5 Å². The van der Waals surface area contributed by atoms with E-state index in [0.717, 1.165) is 25.6 Å². The third-order valence-electron chi connectivity index (χ3n) is 4.24. The Hall–Kier alpha value is 0.803. The van der Waals surface area contributed by atoms with Crippen molar-refractivity contribution >= 4 is 0 Å². The smallest absolute Gasteiger partial charge is 0.384 e. The van der Waals surface area contributed by atoms with Crippen LogP contribution in [0.3, 0.4) is 0 Å². The maximum Gasteiger partial charge on any atom is 2.00 e. The predicted octanol–water partition coefficient (Wildman–Crippen LogP) is 2.35. The Labute approximate surface area is 119 Å². The molecule has 0 aliphatic heterocycles. The first-order valence-corrected chi connectivity index (χ1v) is 5.88. The molecule has 2 aliphatic carbocycles. The van der Waals surface area contributed by atoms with Crippen molar-refractivity contribution < 1.29 is 35.7 Å². The van der Waals surface area contributed by atoms with Crippen molar-refractivity contribution in [3.63, 3.8) is 0 Å². The Bertz CT molecular complexity index is 214. The van der Waals surface area contributed by atoms with Gasteiger partial charge in [-0.15, -0.1) is 0 Å². The second-order valence-corrected chi connectivity index (χ2v) is 5.19. The monoisotopic (exact) mass is 300 g/mol. The molecule has 16 heavy (non-hydrogen) atoms. The standard InChI is InChI=1S/C13H22O2.Zr/c1-10-7-13(8-14-2,9-15-3)12-6-4-5-11(10)12;/h5,10-12H,1,4,6-9H2,2-3H3;/q-2;+2/t10-,11+,12+;/m1./s1. The van der Waals surface area contributed by atoms with Crippen LogP contribution < -0.4 is 0 Å². The van der Waals surface area contributed by atoms with Crippen molar-refractivity contribution in [2.45, 2.75) is 19.3 Å². The van der Waals surface area contributed by atoms with Gasteiger partial charge in [0.2, 0.25) is 0 Å². The molecule has 0 radical (unpaired) electrons. The van der Waals surface area contributed by atoms with E-state index in [2.05, 4.69) is 13.3 Å². The molecule has 3 atom stereocenters. The number of hydrogen-bond donors (Lipinski definition) is 0. The molecule has 0 amide bonds. The van der Waals surface area contributed by atoms with Gasteiger partial charge in [-0.25, -0.2) is 0 Å². The largest absolute Gasteiger partial charge is 2.00 e.